The monoisotopic (exact) mass is 407 g/mol. The Kier molecular flexibility index (Phi) is 5.85. The number of imidazole rings is 1. The minimum absolute atomic E-state index is 0.166. The molecule has 1 aliphatic heterocycles. The van der Waals surface area contributed by atoms with E-state index in [0.29, 0.717) is 5.75 Å². The maximum absolute atomic E-state index is 12.7. The van der Waals surface area contributed by atoms with Gasteiger partial charge in [-0.2, -0.15) is 0 Å². The van der Waals surface area contributed by atoms with Crippen molar-refractivity contribution in [2.45, 2.75) is 19.0 Å². The molecule has 1 aromatic carbocycles. The Hall–Kier alpha value is -2.80. The minimum Gasteiger partial charge on any atom is -0.368 e. The number of hydrogen-bond donors (Lipinski definition) is 0. The van der Waals surface area contributed by atoms with Crippen molar-refractivity contribution in [3.8, 4) is 5.69 Å². The molecule has 4 rings (SSSR count). The first kappa shape index (κ1) is 19.5. The van der Waals surface area contributed by atoms with Crippen molar-refractivity contribution in [1.29, 1.82) is 0 Å². The fraction of sp³-hybridized carbons (Fsp3) is 0.318. The molecule has 1 aliphatic rings. The van der Waals surface area contributed by atoms with Crippen LogP contribution in [0.15, 0.2) is 60.3 Å². The zero-order chi connectivity index (χ0) is 20.2. The standard InChI is InChI=1S/C22H25N5OS/c1-17-13-18(2)15-20(14-17)27-8-7-24-22(27)29-16-21(28)26-11-9-25(10-12-26)19-3-5-23-6-4-19/h3-8,13-15H,9-12,16H2,1-2H3. The Morgan fingerprint density at radius 3 is 2.34 bits per heavy atom. The van der Waals surface area contributed by atoms with E-state index >= 15 is 0 Å². The van der Waals surface area contributed by atoms with E-state index in [1.54, 1.807) is 18.6 Å². The molecule has 0 spiro atoms. The first-order chi connectivity index (χ1) is 14.1. The number of rotatable bonds is 5. The molecule has 7 heteroatoms. The summed E-state index contributed by atoms with van der Waals surface area (Å²) >= 11 is 1.50. The lowest BCUT2D eigenvalue weighted by Crippen LogP contribution is -2.49. The van der Waals surface area contributed by atoms with E-state index < -0.39 is 0 Å². The fourth-order valence-electron chi connectivity index (χ4n) is 3.67. The highest BCUT2D eigenvalue weighted by atomic mass is 32.2. The lowest BCUT2D eigenvalue weighted by Gasteiger charge is -2.36. The van der Waals surface area contributed by atoms with Crippen molar-refractivity contribution in [2.24, 2.45) is 0 Å². The van der Waals surface area contributed by atoms with Gasteiger partial charge in [-0.15, -0.1) is 0 Å². The summed E-state index contributed by atoms with van der Waals surface area (Å²) in [7, 11) is 0. The maximum atomic E-state index is 12.7. The summed E-state index contributed by atoms with van der Waals surface area (Å²) in [6.45, 7) is 7.36. The second-order valence-corrected chi connectivity index (χ2v) is 8.23. The molecule has 3 heterocycles. The van der Waals surface area contributed by atoms with E-state index in [-0.39, 0.29) is 5.91 Å². The molecule has 150 valence electrons. The Morgan fingerprint density at radius 2 is 1.66 bits per heavy atom. The van der Waals surface area contributed by atoms with Gasteiger partial charge in [0.15, 0.2) is 5.16 Å². The minimum atomic E-state index is 0.166. The summed E-state index contributed by atoms with van der Waals surface area (Å²) in [4.78, 5) is 25.5. The van der Waals surface area contributed by atoms with Crippen LogP contribution < -0.4 is 4.90 Å². The molecule has 0 radical (unpaired) electrons. The van der Waals surface area contributed by atoms with Crippen LogP contribution in [0.4, 0.5) is 5.69 Å². The van der Waals surface area contributed by atoms with Crippen molar-refractivity contribution >= 4 is 23.4 Å². The highest BCUT2D eigenvalue weighted by Gasteiger charge is 2.22. The van der Waals surface area contributed by atoms with Gasteiger partial charge in [-0.25, -0.2) is 4.98 Å². The summed E-state index contributed by atoms with van der Waals surface area (Å²) < 4.78 is 2.05. The maximum Gasteiger partial charge on any atom is 0.233 e. The van der Waals surface area contributed by atoms with Gasteiger partial charge < -0.3 is 9.80 Å². The van der Waals surface area contributed by atoms with Crippen LogP contribution in [0, 0.1) is 13.8 Å². The smallest absolute Gasteiger partial charge is 0.233 e. The number of aromatic nitrogens is 3. The third-order valence-corrected chi connectivity index (χ3v) is 6.03. The zero-order valence-electron chi connectivity index (χ0n) is 16.8. The summed E-state index contributed by atoms with van der Waals surface area (Å²) in [5, 5.41) is 0.846. The number of carbonyl (C=O) groups is 1. The first-order valence-corrected chi connectivity index (χ1v) is 10.8. The number of piperazine rings is 1. The number of amides is 1. The van der Waals surface area contributed by atoms with Crippen LogP contribution in [0.3, 0.4) is 0 Å². The number of aryl methyl sites for hydroxylation is 2. The van der Waals surface area contributed by atoms with Crippen molar-refractivity contribution in [1.82, 2.24) is 19.4 Å². The molecule has 0 aliphatic carbocycles. The predicted molar refractivity (Wildman–Crippen MR) is 117 cm³/mol. The molecule has 1 amide bonds. The number of nitrogens with zero attached hydrogens (tertiary/aromatic N) is 5. The topological polar surface area (TPSA) is 54.3 Å². The van der Waals surface area contributed by atoms with Gasteiger partial charge in [-0.05, 0) is 49.2 Å². The van der Waals surface area contributed by atoms with Crippen LogP contribution in [-0.4, -0.2) is 57.3 Å². The Morgan fingerprint density at radius 1 is 0.966 bits per heavy atom. The molecule has 29 heavy (non-hydrogen) atoms. The SMILES string of the molecule is Cc1cc(C)cc(-n2ccnc2SCC(=O)N2CCN(c3ccncc3)CC2)c1. The lowest BCUT2D eigenvalue weighted by atomic mass is 10.1. The van der Waals surface area contributed by atoms with Gasteiger partial charge in [0.1, 0.15) is 0 Å². The molecule has 0 atom stereocenters. The molecule has 2 aromatic heterocycles. The third kappa shape index (κ3) is 4.62. The third-order valence-electron chi connectivity index (χ3n) is 5.08. The summed E-state index contributed by atoms with van der Waals surface area (Å²) in [5.41, 5.74) is 4.68. The van der Waals surface area contributed by atoms with Crippen LogP contribution in [-0.2, 0) is 4.79 Å². The number of thioether (sulfide) groups is 1. The molecule has 0 bridgehead atoms. The predicted octanol–water partition coefficient (Wildman–Crippen LogP) is 3.33. The molecule has 1 fully saturated rings. The van der Waals surface area contributed by atoms with E-state index in [9.17, 15) is 4.79 Å². The Balaban J connectivity index is 1.35. The summed E-state index contributed by atoms with van der Waals surface area (Å²) in [6.07, 6.45) is 7.36. The van der Waals surface area contributed by atoms with Gasteiger partial charge in [0.05, 0.1) is 5.75 Å². The molecular formula is C22H25N5OS. The van der Waals surface area contributed by atoms with E-state index in [0.717, 1.165) is 42.7 Å². The second-order valence-electron chi connectivity index (χ2n) is 7.29. The number of pyridine rings is 1. The lowest BCUT2D eigenvalue weighted by molar-refractivity contribution is -0.128. The van der Waals surface area contributed by atoms with E-state index in [2.05, 4.69) is 51.5 Å². The number of anilines is 1. The van der Waals surface area contributed by atoms with Crippen LogP contribution in [0.5, 0.6) is 0 Å². The van der Waals surface area contributed by atoms with Gasteiger partial charge in [0, 0.05) is 62.3 Å². The fourth-order valence-corrected chi connectivity index (χ4v) is 4.55. The van der Waals surface area contributed by atoms with Gasteiger partial charge in [-0.3, -0.25) is 14.3 Å². The second kappa shape index (κ2) is 8.69. The highest BCUT2D eigenvalue weighted by molar-refractivity contribution is 7.99. The van der Waals surface area contributed by atoms with Crippen molar-refractivity contribution < 1.29 is 4.79 Å². The Labute approximate surface area is 175 Å². The molecule has 0 saturated carbocycles. The van der Waals surface area contributed by atoms with Crippen molar-refractivity contribution in [2.75, 3.05) is 36.8 Å². The molecule has 6 nitrogen and oxygen atoms in total. The van der Waals surface area contributed by atoms with E-state index in [4.69, 9.17) is 0 Å². The van der Waals surface area contributed by atoms with Gasteiger partial charge in [-0.1, -0.05) is 17.8 Å². The quantitative estimate of drug-likeness (QED) is 0.608. The number of hydrogen-bond acceptors (Lipinski definition) is 5. The van der Waals surface area contributed by atoms with Gasteiger partial charge in [0.2, 0.25) is 5.91 Å². The van der Waals surface area contributed by atoms with E-state index in [1.807, 2.05) is 23.2 Å². The van der Waals surface area contributed by atoms with Crippen LogP contribution >= 0.6 is 11.8 Å². The number of benzene rings is 1. The molecular weight excluding hydrogens is 382 g/mol. The van der Waals surface area contributed by atoms with Crippen molar-refractivity contribution in [3.63, 3.8) is 0 Å². The van der Waals surface area contributed by atoms with Crippen molar-refractivity contribution in [3.05, 3.63) is 66.2 Å². The summed E-state index contributed by atoms with van der Waals surface area (Å²) in [6, 6.07) is 10.5. The molecule has 0 unspecified atom stereocenters. The Bertz CT molecular complexity index is 960. The summed E-state index contributed by atoms with van der Waals surface area (Å²) in [5.74, 6) is 0.566. The normalized spacial score (nSPS) is 14.3. The van der Waals surface area contributed by atoms with Crippen LogP contribution in [0.25, 0.3) is 5.69 Å². The molecule has 3 aromatic rings. The van der Waals surface area contributed by atoms with Gasteiger partial charge >= 0.3 is 0 Å². The van der Waals surface area contributed by atoms with Crippen LogP contribution in [0.2, 0.25) is 0 Å². The average Bonchev–Trinajstić information content (AvgIpc) is 3.21. The number of carbonyl (C=O) groups excluding carboxylic acids is 1. The molecule has 1 saturated heterocycles. The molecule has 0 N–H and O–H groups in total. The first-order valence-electron chi connectivity index (χ1n) is 9.78. The largest absolute Gasteiger partial charge is 0.368 e. The van der Waals surface area contributed by atoms with E-state index in [1.165, 1.54) is 22.9 Å². The average molecular weight is 408 g/mol. The highest BCUT2D eigenvalue weighted by Crippen LogP contribution is 2.23. The zero-order valence-corrected chi connectivity index (χ0v) is 17.6. The van der Waals surface area contributed by atoms with Crippen LogP contribution in [0.1, 0.15) is 11.1 Å². The van der Waals surface area contributed by atoms with Gasteiger partial charge in [0.25, 0.3) is 0 Å².